The highest BCUT2D eigenvalue weighted by molar-refractivity contribution is 6.29. The number of nitrogens with two attached hydrogens (primary N) is 1. The number of rotatable bonds is 5. The van der Waals surface area contributed by atoms with E-state index in [0.717, 1.165) is 22.2 Å². The van der Waals surface area contributed by atoms with Gasteiger partial charge >= 0.3 is 0 Å². The summed E-state index contributed by atoms with van der Waals surface area (Å²) in [5.74, 6) is 0.0574. The number of hydrogen-bond donors (Lipinski definition) is 2. The zero-order valence-corrected chi connectivity index (χ0v) is 15.0. The van der Waals surface area contributed by atoms with Crippen molar-refractivity contribution < 1.29 is 9.79 Å². The van der Waals surface area contributed by atoms with Crippen LogP contribution in [0.2, 0.25) is 5.15 Å². The molecule has 3 rings (SSSR count). The van der Waals surface area contributed by atoms with Gasteiger partial charge < -0.3 is 5.73 Å². The zero-order chi connectivity index (χ0) is 18.5. The second-order valence-corrected chi connectivity index (χ2v) is 6.18. The molecule has 1 aromatic carbocycles. The maximum atomic E-state index is 11.3. The van der Waals surface area contributed by atoms with Crippen LogP contribution in [0.3, 0.4) is 0 Å². The second-order valence-electron chi connectivity index (χ2n) is 5.80. The first-order valence-electron chi connectivity index (χ1n) is 8.08. The van der Waals surface area contributed by atoms with E-state index in [-0.39, 0.29) is 5.78 Å². The molecule has 0 fully saturated rings. The number of ketones is 1. The molecular weight excluding hydrogens is 348 g/mol. The molecule has 0 atom stereocenters. The van der Waals surface area contributed by atoms with Crippen LogP contribution in [0.25, 0.3) is 16.6 Å². The van der Waals surface area contributed by atoms with Crippen molar-refractivity contribution in [2.45, 2.75) is 13.5 Å². The van der Waals surface area contributed by atoms with E-state index in [9.17, 15) is 4.79 Å². The van der Waals surface area contributed by atoms with Gasteiger partial charge in [-0.2, -0.15) is 0 Å². The topological polar surface area (TPSA) is 82.8 Å². The smallest absolute Gasteiger partial charge is 0.171 e. The number of nitrogens with one attached hydrogen (secondary N) is 1. The highest BCUT2D eigenvalue weighted by atomic mass is 35.5. The normalized spacial score (nSPS) is 12.0. The van der Waals surface area contributed by atoms with Crippen molar-refractivity contribution in [3.05, 3.63) is 76.7 Å². The quantitative estimate of drug-likeness (QED) is 0.412. The Hall–Kier alpha value is -3.05. The van der Waals surface area contributed by atoms with Crippen molar-refractivity contribution in [3.63, 3.8) is 0 Å². The van der Waals surface area contributed by atoms with Gasteiger partial charge in [-0.25, -0.2) is 9.98 Å². The summed E-state index contributed by atoms with van der Waals surface area (Å²) in [7, 11) is 0. The Morgan fingerprint density at radius 1 is 1.15 bits per heavy atom. The first-order valence-corrected chi connectivity index (χ1v) is 8.45. The van der Waals surface area contributed by atoms with Crippen molar-refractivity contribution in [1.29, 1.82) is 0 Å². The second kappa shape index (κ2) is 7.89. The molecule has 0 aliphatic heterocycles. The van der Waals surface area contributed by atoms with Gasteiger partial charge in [-0.05, 0) is 25.1 Å². The minimum atomic E-state index is 0.0574. The Labute approximate surface area is 156 Å². The molecule has 0 radical (unpaired) electrons. The summed E-state index contributed by atoms with van der Waals surface area (Å²) in [5.41, 5.74) is 10.6. The van der Waals surface area contributed by atoms with E-state index in [1.165, 1.54) is 6.20 Å². The Balaban J connectivity index is 1.76. The Kier molecular flexibility index (Phi) is 5.39. The van der Waals surface area contributed by atoms with E-state index in [0.29, 0.717) is 22.8 Å². The average molecular weight is 366 g/mol. The van der Waals surface area contributed by atoms with Crippen molar-refractivity contribution in [2.24, 2.45) is 5.73 Å². The number of fused-ring (bicyclic) bond motifs is 1. The van der Waals surface area contributed by atoms with Gasteiger partial charge in [0, 0.05) is 29.1 Å². The molecule has 6 heteroatoms. The minimum Gasteiger partial charge on any atom is -0.404 e. The average Bonchev–Trinajstić information content (AvgIpc) is 2.65. The summed E-state index contributed by atoms with van der Waals surface area (Å²) >= 11 is 5.95. The molecule has 0 bridgehead atoms. The third-order valence-electron chi connectivity index (χ3n) is 3.94. The van der Waals surface area contributed by atoms with Gasteiger partial charge in [-0.15, -0.1) is 0 Å². The van der Waals surface area contributed by atoms with Crippen LogP contribution in [0.4, 0.5) is 0 Å². The van der Waals surface area contributed by atoms with E-state index in [1.54, 1.807) is 19.2 Å². The maximum absolute atomic E-state index is 11.3. The number of allylic oxidation sites excluding steroid dienone is 1. The number of carbonyl (C=O) groups excluding carboxylic acids is 1. The van der Waals surface area contributed by atoms with Crippen LogP contribution in [0.1, 0.15) is 28.4 Å². The molecule has 130 valence electrons. The van der Waals surface area contributed by atoms with Crippen LogP contribution in [-0.2, 0) is 6.54 Å². The number of halogens is 1. The van der Waals surface area contributed by atoms with Crippen molar-refractivity contribution >= 4 is 40.2 Å². The van der Waals surface area contributed by atoms with Crippen molar-refractivity contribution in [3.8, 4) is 0 Å². The maximum Gasteiger partial charge on any atom is 0.171 e. The predicted molar refractivity (Wildman–Crippen MR) is 104 cm³/mol. The summed E-state index contributed by atoms with van der Waals surface area (Å²) in [6.07, 6.45) is 5.09. The van der Waals surface area contributed by atoms with Crippen LogP contribution in [-0.4, -0.2) is 22.0 Å². The minimum absolute atomic E-state index is 0.0574. The van der Waals surface area contributed by atoms with Crippen molar-refractivity contribution in [1.82, 2.24) is 9.97 Å². The lowest BCUT2D eigenvalue weighted by atomic mass is 10.1. The molecule has 2 heterocycles. The number of aromatic nitrogens is 2. The molecule has 5 nitrogen and oxygen atoms in total. The van der Waals surface area contributed by atoms with Crippen LogP contribution in [0.5, 0.6) is 0 Å². The van der Waals surface area contributed by atoms with Gasteiger partial charge in [-0.1, -0.05) is 35.9 Å². The number of nitrogens with zero attached hydrogens (tertiary/aromatic N) is 2. The Bertz CT molecular complexity index is 1010. The molecule has 26 heavy (non-hydrogen) atoms. The van der Waals surface area contributed by atoms with E-state index in [4.69, 9.17) is 17.3 Å². The number of benzene rings is 1. The van der Waals surface area contributed by atoms with E-state index < -0.39 is 0 Å². The van der Waals surface area contributed by atoms with E-state index >= 15 is 0 Å². The fourth-order valence-corrected chi connectivity index (χ4v) is 2.66. The molecule has 0 amide bonds. The molecule has 2 aromatic heterocycles. The molecule has 0 saturated heterocycles. The molecule has 3 N–H and O–H groups in total. The molecule has 0 unspecified atom stereocenters. The third-order valence-corrected chi connectivity index (χ3v) is 4.15. The number of carbonyl (C=O) groups is 1. The summed E-state index contributed by atoms with van der Waals surface area (Å²) in [6, 6.07) is 12.9. The van der Waals surface area contributed by atoms with E-state index in [1.807, 2.05) is 42.6 Å². The van der Waals surface area contributed by atoms with Crippen molar-refractivity contribution in [2.75, 3.05) is 0 Å². The third kappa shape index (κ3) is 4.13. The van der Waals surface area contributed by atoms with Gasteiger partial charge in [-0.3, -0.25) is 9.78 Å². The van der Waals surface area contributed by atoms with Crippen LogP contribution < -0.4 is 10.7 Å². The fourth-order valence-electron chi connectivity index (χ4n) is 2.50. The first-order chi connectivity index (χ1) is 12.6. The number of Topliss-reactive ketones (excluding diaryl/α,β-unsaturated/α-hetero) is 1. The number of hydrogen-bond acceptors (Lipinski definition) is 4. The van der Waals surface area contributed by atoms with E-state index in [2.05, 4.69) is 15.0 Å². The molecular formula is C20H18ClN4O+. The highest BCUT2D eigenvalue weighted by Crippen LogP contribution is 2.17. The lowest BCUT2D eigenvalue weighted by Gasteiger charge is -2.02. The van der Waals surface area contributed by atoms with Crippen LogP contribution in [0, 0.1) is 0 Å². The molecule has 3 aromatic rings. The summed E-state index contributed by atoms with van der Waals surface area (Å²) in [5, 5.41) is 0.422. The van der Waals surface area contributed by atoms with Gasteiger partial charge in [0.15, 0.2) is 18.5 Å². The fraction of sp³-hybridized carbons (Fsp3) is 0.100. The molecule has 0 aliphatic carbocycles. The van der Waals surface area contributed by atoms with Crippen LogP contribution >= 0.6 is 11.6 Å². The van der Waals surface area contributed by atoms with Gasteiger partial charge in [0.25, 0.3) is 0 Å². The first kappa shape index (κ1) is 17.8. The lowest BCUT2D eigenvalue weighted by molar-refractivity contribution is -0.468. The van der Waals surface area contributed by atoms with Crippen LogP contribution in [0.15, 0.2) is 54.9 Å². The van der Waals surface area contributed by atoms with Gasteiger partial charge in [0.1, 0.15) is 5.15 Å². The molecule has 0 aliphatic rings. The summed E-state index contributed by atoms with van der Waals surface area (Å²) in [4.78, 5) is 23.2. The number of pyridine rings is 2. The summed E-state index contributed by atoms with van der Waals surface area (Å²) < 4.78 is 0. The standard InChI is InChI=1S/C20H17ClN4O/c1-13(26)15-4-2-14(3-5-15)10-23-11-17(9-22)16-8-19-18(24-12-16)6-7-20(21)25-19/h2-9,11-12H,10,22H2,1H3/p+1. The zero-order valence-electron chi connectivity index (χ0n) is 14.2. The Morgan fingerprint density at radius 2 is 1.92 bits per heavy atom. The monoisotopic (exact) mass is 365 g/mol. The van der Waals surface area contributed by atoms with Gasteiger partial charge in [0.2, 0.25) is 0 Å². The molecule has 0 spiro atoms. The largest absolute Gasteiger partial charge is 0.404 e. The Morgan fingerprint density at radius 3 is 2.62 bits per heavy atom. The summed E-state index contributed by atoms with van der Waals surface area (Å²) in [6.45, 7) is 2.17. The highest BCUT2D eigenvalue weighted by Gasteiger charge is 2.06. The van der Waals surface area contributed by atoms with Gasteiger partial charge in [0.05, 0.1) is 16.6 Å². The predicted octanol–water partition coefficient (Wildman–Crippen LogP) is 2.14. The molecule has 0 saturated carbocycles. The lowest BCUT2D eigenvalue weighted by Crippen LogP contribution is -2.67. The SMILES string of the molecule is CC(=O)c1ccc(C[NH+]=CC(=CN)c2cnc3ccc(Cl)nc3c2)cc1.